The normalized spacial score (nSPS) is 16.7. The van der Waals surface area contributed by atoms with Gasteiger partial charge in [-0.05, 0) is 62.7 Å². The smallest absolute Gasteiger partial charge is 0.326 e. The van der Waals surface area contributed by atoms with Crippen LogP contribution in [0.2, 0.25) is 0 Å². The molecule has 7 heteroatoms. The van der Waals surface area contributed by atoms with Crippen molar-refractivity contribution in [2.24, 2.45) is 0 Å². The molecule has 0 unspecified atom stereocenters. The number of benzene rings is 1. The maximum absolute atomic E-state index is 12.5. The van der Waals surface area contributed by atoms with Crippen molar-refractivity contribution in [2.45, 2.75) is 40.2 Å². The lowest BCUT2D eigenvalue weighted by atomic mass is 10.1. The Hall–Kier alpha value is -2.28. The van der Waals surface area contributed by atoms with E-state index in [1.807, 2.05) is 31.2 Å². The van der Waals surface area contributed by atoms with Gasteiger partial charge in [0.05, 0.1) is 11.0 Å². The van der Waals surface area contributed by atoms with Gasteiger partial charge in [0.1, 0.15) is 6.54 Å². The summed E-state index contributed by atoms with van der Waals surface area (Å²) in [7, 11) is 0. The number of anilines is 1. The molecule has 1 aromatic carbocycles. The van der Waals surface area contributed by atoms with Crippen molar-refractivity contribution in [1.29, 1.82) is 0 Å². The zero-order chi connectivity index (χ0) is 20.0. The van der Waals surface area contributed by atoms with E-state index in [9.17, 15) is 14.4 Å². The van der Waals surface area contributed by atoms with Crippen LogP contribution in [0.5, 0.6) is 0 Å². The minimum absolute atomic E-state index is 0.239. The monoisotopic (exact) mass is 390 g/mol. The van der Waals surface area contributed by atoms with Crippen molar-refractivity contribution in [2.75, 3.05) is 24.5 Å². The first-order valence-electron chi connectivity index (χ1n) is 9.19. The zero-order valence-electron chi connectivity index (χ0n) is 16.2. The molecule has 0 saturated carbocycles. The van der Waals surface area contributed by atoms with Crippen molar-refractivity contribution in [3.63, 3.8) is 0 Å². The van der Waals surface area contributed by atoms with Gasteiger partial charge in [-0.15, -0.1) is 0 Å². The number of nitrogens with zero attached hydrogens (tertiary/aromatic N) is 2. The first-order chi connectivity index (χ1) is 12.9. The third kappa shape index (κ3) is 5.35. The highest BCUT2D eigenvalue weighted by Gasteiger charge is 2.36. The number of esters is 1. The van der Waals surface area contributed by atoms with E-state index in [1.165, 1.54) is 0 Å². The minimum Gasteiger partial charge on any atom is -0.461 e. The summed E-state index contributed by atoms with van der Waals surface area (Å²) in [5, 5.41) is -0.452. The van der Waals surface area contributed by atoms with Crippen LogP contribution >= 0.6 is 11.8 Å². The fourth-order valence-corrected chi connectivity index (χ4v) is 3.47. The second-order valence-corrected chi connectivity index (χ2v) is 7.23. The summed E-state index contributed by atoms with van der Waals surface area (Å²) in [6.07, 6.45) is 2.12. The van der Waals surface area contributed by atoms with Gasteiger partial charge in [-0.2, -0.15) is 0 Å². The third-order valence-electron chi connectivity index (χ3n) is 4.39. The van der Waals surface area contributed by atoms with E-state index in [4.69, 9.17) is 4.74 Å². The summed E-state index contributed by atoms with van der Waals surface area (Å²) in [5.74, 6) is -1.03. The third-order valence-corrected chi connectivity index (χ3v) is 5.30. The van der Waals surface area contributed by atoms with E-state index >= 15 is 0 Å². The number of carbonyl (C=O) groups excluding carboxylic acids is 3. The summed E-state index contributed by atoms with van der Waals surface area (Å²) >= 11 is 0.843. The van der Waals surface area contributed by atoms with Gasteiger partial charge in [-0.25, -0.2) is 0 Å². The Labute approximate surface area is 164 Å². The first-order valence-corrected chi connectivity index (χ1v) is 10.0. The van der Waals surface area contributed by atoms with Gasteiger partial charge in [-0.1, -0.05) is 19.1 Å². The molecule has 6 nitrogen and oxygen atoms in total. The number of carbonyl (C=O) groups is 3. The number of hydrogen-bond donors (Lipinski definition) is 0. The number of imide groups is 1. The molecule has 0 aromatic heterocycles. The van der Waals surface area contributed by atoms with Crippen LogP contribution in [0.4, 0.5) is 10.5 Å². The highest BCUT2D eigenvalue weighted by molar-refractivity contribution is 8.18. The second kappa shape index (κ2) is 9.60. The summed E-state index contributed by atoms with van der Waals surface area (Å²) in [6.45, 7) is 9.34. The fourth-order valence-electron chi connectivity index (χ4n) is 2.63. The highest BCUT2D eigenvalue weighted by Crippen LogP contribution is 2.32. The van der Waals surface area contributed by atoms with E-state index in [1.54, 1.807) is 13.0 Å². The van der Waals surface area contributed by atoms with Gasteiger partial charge in [0, 0.05) is 18.8 Å². The molecule has 0 radical (unpaired) electrons. The Balaban J connectivity index is 2.08. The van der Waals surface area contributed by atoms with E-state index in [0.29, 0.717) is 11.3 Å². The van der Waals surface area contributed by atoms with Crippen LogP contribution in [0.25, 0.3) is 6.08 Å². The van der Waals surface area contributed by atoms with Crippen molar-refractivity contribution >= 4 is 40.6 Å². The molecule has 1 heterocycles. The van der Waals surface area contributed by atoms with Crippen LogP contribution in [0.3, 0.4) is 0 Å². The molecule has 1 fully saturated rings. The number of amides is 2. The largest absolute Gasteiger partial charge is 0.461 e. The number of thioether (sulfide) groups is 1. The highest BCUT2D eigenvalue weighted by atomic mass is 32.2. The fraction of sp³-hybridized carbons (Fsp3) is 0.450. The van der Waals surface area contributed by atoms with Gasteiger partial charge in [-0.3, -0.25) is 19.3 Å². The van der Waals surface area contributed by atoms with E-state index in [2.05, 4.69) is 18.7 Å². The Bertz CT molecular complexity index is 726. The van der Waals surface area contributed by atoms with Gasteiger partial charge in [0.15, 0.2) is 0 Å². The van der Waals surface area contributed by atoms with E-state index < -0.39 is 17.1 Å². The average Bonchev–Trinajstić information content (AvgIpc) is 2.91. The molecule has 2 amide bonds. The van der Waals surface area contributed by atoms with Crippen molar-refractivity contribution < 1.29 is 19.1 Å². The molecule has 0 bridgehead atoms. The van der Waals surface area contributed by atoms with Crippen molar-refractivity contribution in [3.05, 3.63) is 34.7 Å². The molecule has 1 saturated heterocycles. The van der Waals surface area contributed by atoms with Crippen molar-refractivity contribution in [1.82, 2.24) is 4.90 Å². The van der Waals surface area contributed by atoms with Crippen molar-refractivity contribution in [3.8, 4) is 0 Å². The van der Waals surface area contributed by atoms with Crippen LogP contribution < -0.4 is 4.90 Å². The molecule has 1 aromatic rings. The molecular formula is C20H26N2O4S. The number of hydrogen-bond acceptors (Lipinski definition) is 6. The minimum atomic E-state index is -0.573. The topological polar surface area (TPSA) is 66.9 Å². The van der Waals surface area contributed by atoms with E-state index in [0.717, 1.165) is 41.0 Å². The molecule has 0 N–H and O–H groups in total. The molecule has 27 heavy (non-hydrogen) atoms. The predicted molar refractivity (Wildman–Crippen MR) is 109 cm³/mol. The van der Waals surface area contributed by atoms with Gasteiger partial charge < -0.3 is 9.64 Å². The van der Waals surface area contributed by atoms with Crippen LogP contribution in [0.15, 0.2) is 29.2 Å². The lowest BCUT2D eigenvalue weighted by molar-refractivity contribution is -0.150. The molecule has 2 rings (SSSR count). The van der Waals surface area contributed by atoms with E-state index in [-0.39, 0.29) is 12.6 Å². The van der Waals surface area contributed by atoms with Crippen LogP contribution in [0, 0.1) is 0 Å². The average molecular weight is 391 g/mol. The van der Waals surface area contributed by atoms with Gasteiger partial charge >= 0.3 is 5.97 Å². The number of rotatable bonds is 8. The van der Waals surface area contributed by atoms with Crippen LogP contribution in [0.1, 0.15) is 39.7 Å². The Morgan fingerprint density at radius 3 is 2.37 bits per heavy atom. The second-order valence-electron chi connectivity index (χ2n) is 6.24. The summed E-state index contributed by atoms with van der Waals surface area (Å²) in [4.78, 5) is 39.9. The summed E-state index contributed by atoms with van der Waals surface area (Å²) < 4.78 is 5.15. The van der Waals surface area contributed by atoms with Gasteiger partial charge in [0.25, 0.3) is 11.1 Å². The maximum Gasteiger partial charge on any atom is 0.326 e. The quantitative estimate of drug-likeness (QED) is 0.495. The Morgan fingerprint density at radius 2 is 1.81 bits per heavy atom. The summed E-state index contributed by atoms with van der Waals surface area (Å²) in [5.41, 5.74) is 1.94. The molecule has 146 valence electrons. The molecule has 1 aliphatic heterocycles. The summed E-state index contributed by atoms with van der Waals surface area (Å²) in [6, 6.07) is 7.82. The van der Waals surface area contributed by atoms with Crippen LogP contribution in [-0.4, -0.2) is 47.8 Å². The van der Waals surface area contributed by atoms with Crippen LogP contribution in [-0.2, 0) is 14.3 Å². The molecule has 0 aliphatic carbocycles. The standard InChI is InChI=1S/C20H26N2O4S/c1-5-14(4)26-18(23)13-22-19(24)17(27-20(22)25)12-15-8-10-16(11-9-15)21(6-2)7-3/h8-12,14H,5-7,13H2,1-4H3/b17-12+/t14-/m1/s1. The Morgan fingerprint density at radius 1 is 1.19 bits per heavy atom. The zero-order valence-corrected chi connectivity index (χ0v) is 17.0. The lowest BCUT2D eigenvalue weighted by Crippen LogP contribution is -2.35. The molecule has 1 aliphatic rings. The predicted octanol–water partition coefficient (Wildman–Crippen LogP) is 3.91. The molecular weight excluding hydrogens is 364 g/mol. The number of ether oxygens (including phenoxy) is 1. The van der Waals surface area contributed by atoms with Gasteiger partial charge in [0.2, 0.25) is 0 Å². The Kier molecular flexibility index (Phi) is 7.47. The lowest BCUT2D eigenvalue weighted by Gasteiger charge is -2.20. The maximum atomic E-state index is 12.5. The first kappa shape index (κ1) is 21.0. The molecule has 0 spiro atoms. The SMILES string of the molecule is CC[C@@H](C)OC(=O)CN1C(=O)S/C(=C/c2ccc(N(CC)CC)cc2)C1=O. The molecule has 1 atom stereocenters.